The zero-order valence-electron chi connectivity index (χ0n) is 7.01. The standard InChI is InChI=1S/C7H10N4O2/c8-6-4-9-11(5-6)13-7(12)10-2-1-3-10/h4-5H,1-3,8H2. The van der Waals surface area contributed by atoms with Crippen molar-refractivity contribution in [3.05, 3.63) is 12.4 Å². The maximum Gasteiger partial charge on any atom is 0.435 e. The summed E-state index contributed by atoms with van der Waals surface area (Å²) in [7, 11) is 0. The van der Waals surface area contributed by atoms with Gasteiger partial charge < -0.3 is 10.6 Å². The fourth-order valence-corrected chi connectivity index (χ4v) is 1.00. The third-order valence-corrected chi connectivity index (χ3v) is 1.87. The lowest BCUT2D eigenvalue weighted by atomic mass is 10.2. The van der Waals surface area contributed by atoms with Gasteiger partial charge in [-0.15, -0.1) is 5.10 Å². The lowest BCUT2D eigenvalue weighted by Gasteiger charge is -2.28. The molecule has 1 saturated heterocycles. The van der Waals surface area contributed by atoms with Crippen LogP contribution in [0.5, 0.6) is 0 Å². The Morgan fingerprint density at radius 3 is 2.85 bits per heavy atom. The maximum atomic E-state index is 11.2. The van der Waals surface area contributed by atoms with E-state index in [4.69, 9.17) is 10.6 Å². The molecule has 0 bridgehead atoms. The van der Waals surface area contributed by atoms with Crippen LogP contribution in [0.2, 0.25) is 0 Å². The second-order valence-electron chi connectivity index (χ2n) is 2.87. The van der Waals surface area contributed by atoms with Crippen molar-refractivity contribution in [2.45, 2.75) is 6.42 Å². The van der Waals surface area contributed by atoms with E-state index in [0.717, 1.165) is 24.4 Å². The van der Waals surface area contributed by atoms with E-state index in [1.54, 1.807) is 4.90 Å². The van der Waals surface area contributed by atoms with Gasteiger partial charge in [0.05, 0.1) is 18.1 Å². The number of carbonyl (C=O) groups excluding carboxylic acids is 1. The van der Waals surface area contributed by atoms with E-state index in [-0.39, 0.29) is 6.09 Å². The predicted octanol–water partition coefficient (Wildman–Crippen LogP) is -0.280. The lowest BCUT2D eigenvalue weighted by molar-refractivity contribution is 0.0610. The molecule has 2 rings (SSSR count). The molecule has 0 aromatic carbocycles. The molecule has 0 radical (unpaired) electrons. The molecule has 1 aliphatic heterocycles. The Labute approximate surface area is 74.8 Å². The molecule has 0 aliphatic carbocycles. The summed E-state index contributed by atoms with van der Waals surface area (Å²) in [6.07, 6.45) is 3.52. The minimum Gasteiger partial charge on any atom is -0.396 e. The number of anilines is 1. The molecule has 0 unspecified atom stereocenters. The molecule has 0 spiro atoms. The van der Waals surface area contributed by atoms with Gasteiger partial charge in [0.2, 0.25) is 0 Å². The van der Waals surface area contributed by atoms with Gasteiger partial charge in [-0.25, -0.2) is 4.79 Å². The van der Waals surface area contributed by atoms with Crippen LogP contribution in [0, 0.1) is 0 Å². The number of nitrogens with zero attached hydrogens (tertiary/aromatic N) is 3. The van der Waals surface area contributed by atoms with E-state index in [1.165, 1.54) is 12.4 Å². The van der Waals surface area contributed by atoms with Crippen LogP contribution in [-0.4, -0.2) is 34.0 Å². The Hall–Kier alpha value is -1.72. The van der Waals surface area contributed by atoms with Crippen LogP contribution in [0.15, 0.2) is 12.4 Å². The van der Waals surface area contributed by atoms with Crippen molar-refractivity contribution in [1.82, 2.24) is 14.8 Å². The first-order valence-corrected chi connectivity index (χ1v) is 4.03. The second kappa shape index (κ2) is 2.96. The van der Waals surface area contributed by atoms with Crippen LogP contribution in [-0.2, 0) is 0 Å². The quantitative estimate of drug-likeness (QED) is 0.648. The molecule has 0 atom stereocenters. The molecule has 6 nitrogen and oxygen atoms in total. The summed E-state index contributed by atoms with van der Waals surface area (Å²) in [4.78, 5) is 18.7. The van der Waals surface area contributed by atoms with Gasteiger partial charge in [-0.05, 0) is 6.42 Å². The van der Waals surface area contributed by atoms with Crippen molar-refractivity contribution in [2.24, 2.45) is 0 Å². The number of hydrogen-bond donors (Lipinski definition) is 1. The highest BCUT2D eigenvalue weighted by Gasteiger charge is 2.22. The molecule has 2 N–H and O–H groups in total. The van der Waals surface area contributed by atoms with Gasteiger partial charge in [-0.3, -0.25) is 4.84 Å². The zero-order valence-corrected chi connectivity index (χ0v) is 7.01. The van der Waals surface area contributed by atoms with Crippen molar-refractivity contribution in [3.8, 4) is 0 Å². The Kier molecular flexibility index (Phi) is 1.80. The second-order valence-corrected chi connectivity index (χ2v) is 2.87. The molecular weight excluding hydrogens is 172 g/mol. The van der Waals surface area contributed by atoms with Gasteiger partial charge in [-0.2, -0.15) is 0 Å². The third kappa shape index (κ3) is 1.56. The maximum absolute atomic E-state index is 11.2. The number of carbonyl (C=O) groups is 1. The van der Waals surface area contributed by atoms with Crippen molar-refractivity contribution >= 4 is 11.8 Å². The van der Waals surface area contributed by atoms with Gasteiger partial charge >= 0.3 is 6.09 Å². The van der Waals surface area contributed by atoms with Gasteiger partial charge in [0, 0.05) is 13.1 Å². The monoisotopic (exact) mass is 182 g/mol. The molecule has 6 heteroatoms. The Morgan fingerprint density at radius 1 is 1.62 bits per heavy atom. The summed E-state index contributed by atoms with van der Waals surface area (Å²) in [5.74, 6) is 0. The molecule has 13 heavy (non-hydrogen) atoms. The number of aromatic nitrogens is 2. The first-order chi connectivity index (χ1) is 6.25. The number of nitrogen functional groups attached to an aromatic ring is 1. The van der Waals surface area contributed by atoms with Crippen molar-refractivity contribution in [1.29, 1.82) is 0 Å². The number of amides is 1. The summed E-state index contributed by atoms with van der Waals surface area (Å²) in [5.41, 5.74) is 5.86. The normalized spacial score (nSPS) is 15.2. The van der Waals surface area contributed by atoms with Gasteiger partial charge in [0.25, 0.3) is 0 Å². The summed E-state index contributed by atoms with van der Waals surface area (Å²) in [6, 6.07) is 0. The van der Waals surface area contributed by atoms with E-state index in [0.29, 0.717) is 5.69 Å². The third-order valence-electron chi connectivity index (χ3n) is 1.87. The van der Waals surface area contributed by atoms with Crippen molar-refractivity contribution in [2.75, 3.05) is 18.8 Å². The molecular formula is C7H10N4O2. The summed E-state index contributed by atoms with van der Waals surface area (Å²) in [5, 5.41) is 3.72. The first kappa shape index (κ1) is 7.90. The molecule has 1 aliphatic rings. The number of hydrogen-bond acceptors (Lipinski definition) is 4. The Balaban J connectivity index is 1.93. The molecule has 1 aromatic heterocycles. The van der Waals surface area contributed by atoms with Crippen LogP contribution in [0.3, 0.4) is 0 Å². The predicted molar refractivity (Wildman–Crippen MR) is 44.8 cm³/mol. The highest BCUT2D eigenvalue weighted by atomic mass is 16.7. The minimum atomic E-state index is -0.380. The summed E-state index contributed by atoms with van der Waals surface area (Å²) < 4.78 is 0. The van der Waals surface area contributed by atoms with Gasteiger partial charge in [-0.1, -0.05) is 4.85 Å². The van der Waals surface area contributed by atoms with Crippen LogP contribution in [0.1, 0.15) is 6.42 Å². The van der Waals surface area contributed by atoms with Gasteiger partial charge in [0.15, 0.2) is 0 Å². The number of rotatable bonds is 1. The van der Waals surface area contributed by atoms with Crippen LogP contribution in [0.4, 0.5) is 10.5 Å². The summed E-state index contributed by atoms with van der Waals surface area (Å²) in [6.45, 7) is 1.52. The van der Waals surface area contributed by atoms with Crippen LogP contribution < -0.4 is 10.6 Å². The first-order valence-electron chi connectivity index (χ1n) is 4.03. The van der Waals surface area contributed by atoms with E-state index >= 15 is 0 Å². The highest BCUT2D eigenvalue weighted by molar-refractivity contribution is 5.68. The van der Waals surface area contributed by atoms with E-state index < -0.39 is 0 Å². The summed E-state index contributed by atoms with van der Waals surface area (Å²) >= 11 is 0. The average Bonchev–Trinajstić information content (AvgIpc) is 2.31. The van der Waals surface area contributed by atoms with Crippen molar-refractivity contribution in [3.63, 3.8) is 0 Å². The molecule has 2 heterocycles. The van der Waals surface area contributed by atoms with Gasteiger partial charge in [0.1, 0.15) is 0 Å². The number of likely N-dealkylation sites (tertiary alicyclic amines) is 1. The van der Waals surface area contributed by atoms with E-state index in [1.807, 2.05) is 0 Å². The SMILES string of the molecule is Nc1cnn(OC(=O)N2CCC2)c1. The molecule has 70 valence electrons. The zero-order chi connectivity index (χ0) is 9.26. The average molecular weight is 182 g/mol. The number of nitrogens with two attached hydrogens (primary N) is 1. The Bertz CT molecular complexity index is 318. The van der Waals surface area contributed by atoms with Crippen LogP contribution in [0.25, 0.3) is 0 Å². The van der Waals surface area contributed by atoms with E-state index in [9.17, 15) is 4.79 Å². The van der Waals surface area contributed by atoms with E-state index in [2.05, 4.69) is 5.10 Å². The fraction of sp³-hybridized carbons (Fsp3) is 0.429. The fourth-order valence-electron chi connectivity index (χ4n) is 1.00. The largest absolute Gasteiger partial charge is 0.435 e. The topological polar surface area (TPSA) is 73.4 Å². The molecule has 1 amide bonds. The van der Waals surface area contributed by atoms with Crippen LogP contribution >= 0.6 is 0 Å². The highest BCUT2D eigenvalue weighted by Crippen LogP contribution is 2.06. The lowest BCUT2D eigenvalue weighted by Crippen LogP contribution is -2.45. The molecule has 0 saturated carbocycles. The minimum absolute atomic E-state index is 0.380. The van der Waals surface area contributed by atoms with Crippen molar-refractivity contribution < 1.29 is 9.63 Å². The Morgan fingerprint density at radius 2 is 2.38 bits per heavy atom. The molecule has 1 fully saturated rings. The molecule has 1 aromatic rings. The smallest absolute Gasteiger partial charge is 0.396 e.